The molecule has 1 aromatic carbocycles. The molecule has 1 aromatic rings. The molecule has 1 aliphatic rings. The van der Waals surface area contributed by atoms with Crippen molar-refractivity contribution in [3.8, 4) is 5.75 Å². The van der Waals surface area contributed by atoms with Gasteiger partial charge in [-0.2, -0.15) is 0 Å². The van der Waals surface area contributed by atoms with E-state index >= 15 is 0 Å². The average Bonchev–Trinajstić information content (AvgIpc) is 2.12. The van der Waals surface area contributed by atoms with Gasteiger partial charge in [-0.3, -0.25) is 0 Å². The zero-order valence-corrected chi connectivity index (χ0v) is 6.60. The van der Waals surface area contributed by atoms with E-state index in [0.717, 1.165) is 11.3 Å². The van der Waals surface area contributed by atoms with Crippen LogP contribution in [0.1, 0.15) is 11.7 Å². The van der Waals surface area contributed by atoms with Crippen LogP contribution in [0, 0.1) is 0 Å². The monoisotopic (exact) mass is 165 g/mol. The van der Waals surface area contributed by atoms with Gasteiger partial charge in [-0.05, 0) is 6.07 Å². The Morgan fingerprint density at radius 3 is 3.00 bits per heavy atom. The largest absolute Gasteiger partial charge is 0.491 e. The number of hydrogen-bond donors (Lipinski definition) is 2. The number of rotatable bonds is 0. The lowest BCUT2D eigenvalue weighted by Crippen LogP contribution is -2.37. The van der Waals surface area contributed by atoms with Crippen molar-refractivity contribution in [1.82, 2.24) is 0 Å². The molecule has 3 nitrogen and oxygen atoms in total. The highest BCUT2D eigenvalue weighted by Gasteiger charge is 2.25. The van der Waals surface area contributed by atoms with Gasteiger partial charge in [-0.1, -0.05) is 18.2 Å². The first-order valence-electron chi connectivity index (χ1n) is 3.94. The fourth-order valence-corrected chi connectivity index (χ4v) is 1.36. The molecule has 0 aliphatic carbocycles. The maximum atomic E-state index is 9.62. The molecule has 2 atom stereocenters. The molecule has 0 aromatic heterocycles. The van der Waals surface area contributed by atoms with Crippen molar-refractivity contribution >= 4 is 0 Å². The van der Waals surface area contributed by atoms with Gasteiger partial charge in [0.15, 0.2) is 0 Å². The third-order valence-electron chi connectivity index (χ3n) is 2.07. The molecule has 2 rings (SSSR count). The van der Waals surface area contributed by atoms with Crippen molar-refractivity contribution in [2.75, 3.05) is 6.61 Å². The van der Waals surface area contributed by atoms with E-state index in [1.165, 1.54) is 0 Å². The number of aliphatic hydroxyl groups excluding tert-OH is 1. The van der Waals surface area contributed by atoms with Crippen LogP contribution in [-0.4, -0.2) is 17.8 Å². The number of para-hydroxylation sites is 1. The molecule has 1 aliphatic heterocycles. The Bertz CT molecular complexity index is 288. The van der Waals surface area contributed by atoms with Gasteiger partial charge in [-0.25, -0.2) is 0 Å². The van der Waals surface area contributed by atoms with Crippen LogP contribution in [0.4, 0.5) is 0 Å². The first-order chi connectivity index (χ1) is 5.79. The second-order valence-electron chi connectivity index (χ2n) is 2.96. The molecule has 0 bridgehead atoms. The van der Waals surface area contributed by atoms with E-state index in [1.54, 1.807) is 0 Å². The zero-order valence-electron chi connectivity index (χ0n) is 6.60. The van der Waals surface area contributed by atoms with Gasteiger partial charge in [-0.15, -0.1) is 0 Å². The molecule has 0 unspecified atom stereocenters. The summed E-state index contributed by atoms with van der Waals surface area (Å²) in [5, 5.41) is 9.62. The summed E-state index contributed by atoms with van der Waals surface area (Å²) in [5.41, 5.74) is 6.41. The van der Waals surface area contributed by atoms with Crippen LogP contribution >= 0.6 is 0 Å². The summed E-state index contributed by atoms with van der Waals surface area (Å²) in [6.45, 7) is 0.387. The molecule has 0 fully saturated rings. The van der Waals surface area contributed by atoms with Crippen LogP contribution in [0.15, 0.2) is 24.3 Å². The van der Waals surface area contributed by atoms with Gasteiger partial charge in [0, 0.05) is 5.56 Å². The number of benzene rings is 1. The number of nitrogens with two attached hydrogens (primary N) is 1. The lowest BCUT2D eigenvalue weighted by atomic mass is 10.0. The van der Waals surface area contributed by atoms with Crippen LogP contribution in [-0.2, 0) is 0 Å². The van der Waals surface area contributed by atoms with Gasteiger partial charge < -0.3 is 15.6 Å². The van der Waals surface area contributed by atoms with Crippen LogP contribution in [0.25, 0.3) is 0 Å². The topological polar surface area (TPSA) is 55.5 Å². The van der Waals surface area contributed by atoms with E-state index in [0.29, 0.717) is 6.61 Å². The first kappa shape index (κ1) is 7.58. The fourth-order valence-electron chi connectivity index (χ4n) is 1.36. The summed E-state index contributed by atoms with van der Waals surface area (Å²) < 4.78 is 5.32. The van der Waals surface area contributed by atoms with Crippen molar-refractivity contribution in [2.24, 2.45) is 5.73 Å². The van der Waals surface area contributed by atoms with E-state index in [1.807, 2.05) is 24.3 Å². The first-order valence-corrected chi connectivity index (χ1v) is 3.94. The minimum Gasteiger partial charge on any atom is -0.491 e. The second kappa shape index (κ2) is 2.77. The van der Waals surface area contributed by atoms with E-state index in [-0.39, 0.29) is 6.04 Å². The Kier molecular flexibility index (Phi) is 1.75. The quantitative estimate of drug-likeness (QED) is 0.586. The minimum atomic E-state index is -0.588. The van der Waals surface area contributed by atoms with Crippen molar-refractivity contribution in [1.29, 1.82) is 0 Å². The smallest absolute Gasteiger partial charge is 0.125 e. The Balaban J connectivity index is 2.42. The van der Waals surface area contributed by atoms with Crippen LogP contribution in [0.2, 0.25) is 0 Å². The van der Waals surface area contributed by atoms with Gasteiger partial charge in [0.2, 0.25) is 0 Å². The van der Waals surface area contributed by atoms with Crippen molar-refractivity contribution < 1.29 is 9.84 Å². The molecule has 64 valence electrons. The highest BCUT2D eigenvalue weighted by Crippen LogP contribution is 2.30. The van der Waals surface area contributed by atoms with Crippen LogP contribution in [0.3, 0.4) is 0 Å². The van der Waals surface area contributed by atoms with E-state index in [9.17, 15) is 5.11 Å². The fraction of sp³-hybridized carbons (Fsp3) is 0.333. The van der Waals surface area contributed by atoms with Crippen LogP contribution in [0.5, 0.6) is 5.75 Å². The predicted molar refractivity (Wildman–Crippen MR) is 44.9 cm³/mol. The molecule has 0 saturated heterocycles. The van der Waals surface area contributed by atoms with E-state index in [2.05, 4.69) is 0 Å². The Morgan fingerprint density at radius 1 is 1.42 bits per heavy atom. The SMILES string of the molecule is N[C@H]1COc2ccccc2[C@H]1O. The Morgan fingerprint density at radius 2 is 2.17 bits per heavy atom. The third-order valence-corrected chi connectivity index (χ3v) is 2.07. The number of aliphatic hydroxyl groups is 1. The van der Waals surface area contributed by atoms with Crippen molar-refractivity contribution in [3.63, 3.8) is 0 Å². The van der Waals surface area contributed by atoms with Gasteiger partial charge in [0.25, 0.3) is 0 Å². The molecule has 0 spiro atoms. The van der Waals surface area contributed by atoms with Gasteiger partial charge >= 0.3 is 0 Å². The number of fused-ring (bicyclic) bond motifs is 1. The summed E-state index contributed by atoms with van der Waals surface area (Å²) >= 11 is 0. The number of hydrogen-bond acceptors (Lipinski definition) is 3. The maximum Gasteiger partial charge on any atom is 0.125 e. The maximum absolute atomic E-state index is 9.62. The summed E-state index contributed by atoms with van der Waals surface area (Å²) in [5.74, 6) is 0.742. The molecule has 0 saturated carbocycles. The minimum absolute atomic E-state index is 0.306. The lowest BCUT2D eigenvalue weighted by molar-refractivity contribution is 0.0916. The highest BCUT2D eigenvalue weighted by atomic mass is 16.5. The summed E-state index contributed by atoms with van der Waals surface area (Å²) in [6, 6.07) is 7.11. The normalized spacial score (nSPS) is 27.5. The van der Waals surface area contributed by atoms with Crippen LogP contribution < -0.4 is 10.5 Å². The molecule has 3 heteroatoms. The molecule has 3 N–H and O–H groups in total. The van der Waals surface area contributed by atoms with Gasteiger partial charge in [0.1, 0.15) is 18.5 Å². The predicted octanol–water partition coefficient (Wildman–Crippen LogP) is 0.440. The molecule has 1 heterocycles. The van der Waals surface area contributed by atoms with Crippen molar-refractivity contribution in [3.05, 3.63) is 29.8 Å². The van der Waals surface area contributed by atoms with E-state index < -0.39 is 6.10 Å². The Hall–Kier alpha value is -1.06. The zero-order chi connectivity index (χ0) is 8.55. The average molecular weight is 165 g/mol. The van der Waals surface area contributed by atoms with Gasteiger partial charge in [0.05, 0.1) is 6.04 Å². The lowest BCUT2D eigenvalue weighted by Gasteiger charge is -2.27. The molecule has 0 radical (unpaired) electrons. The molecule has 12 heavy (non-hydrogen) atoms. The third kappa shape index (κ3) is 1.07. The second-order valence-corrected chi connectivity index (χ2v) is 2.96. The molecular weight excluding hydrogens is 154 g/mol. The standard InChI is InChI=1S/C9H11NO2/c10-7-5-12-8-4-2-1-3-6(8)9(7)11/h1-4,7,9,11H,5,10H2/t7-,9+/m0/s1. The molecular formula is C9H11NO2. The highest BCUT2D eigenvalue weighted by molar-refractivity contribution is 5.37. The number of ether oxygens (including phenoxy) is 1. The summed E-state index contributed by atoms with van der Waals surface area (Å²) in [6.07, 6.45) is -0.588. The van der Waals surface area contributed by atoms with Crippen molar-refractivity contribution in [2.45, 2.75) is 12.1 Å². The summed E-state index contributed by atoms with van der Waals surface area (Å²) in [4.78, 5) is 0. The molecule has 0 amide bonds. The Labute approximate surface area is 70.8 Å². The van der Waals surface area contributed by atoms with E-state index in [4.69, 9.17) is 10.5 Å². The summed E-state index contributed by atoms with van der Waals surface area (Å²) in [7, 11) is 0.